The van der Waals surface area contributed by atoms with Crippen LogP contribution in [0.15, 0.2) is 34.9 Å². The summed E-state index contributed by atoms with van der Waals surface area (Å²) in [7, 11) is 0. The molecule has 2 aromatic rings. The second kappa shape index (κ2) is 8.13. The molecule has 1 aromatic heterocycles. The average Bonchev–Trinajstić information content (AvgIpc) is 3.31. The Kier molecular flexibility index (Phi) is 5.85. The van der Waals surface area contributed by atoms with Gasteiger partial charge in [0.15, 0.2) is 0 Å². The molecule has 144 valence electrons. The van der Waals surface area contributed by atoms with Crippen LogP contribution in [-0.4, -0.2) is 40.1 Å². The minimum absolute atomic E-state index is 0.141. The molecule has 0 bridgehead atoms. The largest absolute Gasteiger partial charge is 0.481 e. The van der Waals surface area contributed by atoms with E-state index in [-0.39, 0.29) is 30.0 Å². The zero-order valence-electron chi connectivity index (χ0n) is 15.4. The van der Waals surface area contributed by atoms with Crippen LogP contribution < -0.4 is 0 Å². The molecule has 3 rings (SSSR count). The van der Waals surface area contributed by atoms with E-state index in [4.69, 9.17) is 16.1 Å². The Morgan fingerprint density at radius 1 is 1.26 bits per heavy atom. The standard InChI is InChI=1S/C20H23ClN2O4/c1-3-12(4-2)17-9-18(27-22-17)19(24)23-10-15(16(11-23)20(25)26)13-5-7-14(21)8-6-13/h5-9,12,15-16H,3-4,10-11H2,1-2H3,(H,25,26)/t15-,16+/m0/s1. The minimum atomic E-state index is -0.916. The molecule has 7 heteroatoms. The molecule has 27 heavy (non-hydrogen) atoms. The minimum Gasteiger partial charge on any atom is -0.481 e. The van der Waals surface area contributed by atoms with Crippen molar-refractivity contribution in [3.05, 3.63) is 52.4 Å². The molecular formula is C20H23ClN2O4. The van der Waals surface area contributed by atoms with Crippen LogP contribution in [0, 0.1) is 5.92 Å². The highest BCUT2D eigenvalue weighted by Crippen LogP contribution is 2.34. The van der Waals surface area contributed by atoms with Gasteiger partial charge in [-0.1, -0.05) is 42.7 Å². The molecule has 1 fully saturated rings. The number of hydrogen-bond acceptors (Lipinski definition) is 4. The van der Waals surface area contributed by atoms with Crippen LogP contribution in [0.25, 0.3) is 0 Å². The Bertz CT molecular complexity index is 814. The molecule has 1 aliphatic rings. The number of carbonyl (C=O) groups is 2. The quantitative estimate of drug-likeness (QED) is 0.800. The van der Waals surface area contributed by atoms with Gasteiger partial charge in [0.05, 0.1) is 11.6 Å². The molecule has 1 aliphatic heterocycles. The Morgan fingerprint density at radius 2 is 1.93 bits per heavy atom. The van der Waals surface area contributed by atoms with Crippen LogP contribution in [0.4, 0.5) is 0 Å². The van der Waals surface area contributed by atoms with Crippen molar-refractivity contribution in [3.8, 4) is 0 Å². The third-order valence-electron chi connectivity index (χ3n) is 5.37. The SMILES string of the molecule is CCC(CC)c1cc(C(=O)N2C[C@@H](C(=O)O)[C@H](c3ccc(Cl)cc3)C2)on1. The van der Waals surface area contributed by atoms with E-state index in [0.717, 1.165) is 24.1 Å². The smallest absolute Gasteiger partial charge is 0.308 e. The predicted molar refractivity (Wildman–Crippen MR) is 101 cm³/mol. The van der Waals surface area contributed by atoms with Crippen LogP contribution in [0.3, 0.4) is 0 Å². The van der Waals surface area contributed by atoms with E-state index in [1.165, 1.54) is 4.90 Å². The first-order valence-corrected chi connectivity index (χ1v) is 9.56. The summed E-state index contributed by atoms with van der Waals surface area (Å²) in [6.07, 6.45) is 1.83. The number of rotatable bonds is 6. The topological polar surface area (TPSA) is 83.6 Å². The zero-order valence-corrected chi connectivity index (χ0v) is 16.1. The first-order valence-electron chi connectivity index (χ1n) is 9.18. The summed E-state index contributed by atoms with van der Waals surface area (Å²) in [6.45, 7) is 4.60. The monoisotopic (exact) mass is 390 g/mol. The fourth-order valence-corrected chi connectivity index (χ4v) is 3.84. The molecule has 0 saturated carbocycles. The third-order valence-corrected chi connectivity index (χ3v) is 5.62. The summed E-state index contributed by atoms with van der Waals surface area (Å²) < 4.78 is 5.27. The molecule has 0 spiro atoms. The van der Waals surface area contributed by atoms with Crippen LogP contribution in [0.2, 0.25) is 5.02 Å². The second-order valence-electron chi connectivity index (χ2n) is 6.94. The van der Waals surface area contributed by atoms with Gasteiger partial charge in [-0.2, -0.15) is 0 Å². The molecule has 1 N–H and O–H groups in total. The number of carboxylic acid groups (broad SMARTS) is 1. The summed E-state index contributed by atoms with van der Waals surface area (Å²) in [5, 5.41) is 14.2. The number of likely N-dealkylation sites (tertiary alicyclic amines) is 1. The van der Waals surface area contributed by atoms with E-state index >= 15 is 0 Å². The zero-order chi connectivity index (χ0) is 19.6. The number of halogens is 1. The maximum Gasteiger partial charge on any atom is 0.308 e. The number of carbonyl (C=O) groups excluding carboxylic acids is 1. The normalized spacial score (nSPS) is 19.6. The lowest BCUT2D eigenvalue weighted by molar-refractivity contribution is -0.141. The van der Waals surface area contributed by atoms with Crippen LogP contribution in [0.1, 0.15) is 60.3 Å². The number of hydrogen-bond donors (Lipinski definition) is 1. The molecule has 2 heterocycles. The Morgan fingerprint density at radius 3 is 2.52 bits per heavy atom. The van der Waals surface area contributed by atoms with E-state index < -0.39 is 11.9 Å². The summed E-state index contributed by atoms with van der Waals surface area (Å²) in [4.78, 5) is 26.1. The van der Waals surface area contributed by atoms with E-state index in [9.17, 15) is 14.7 Å². The maximum atomic E-state index is 12.8. The first-order chi connectivity index (χ1) is 12.9. The van der Waals surface area contributed by atoms with E-state index in [0.29, 0.717) is 11.6 Å². The molecule has 6 nitrogen and oxygen atoms in total. The van der Waals surface area contributed by atoms with Crippen molar-refractivity contribution in [2.45, 2.75) is 38.5 Å². The van der Waals surface area contributed by atoms with Gasteiger partial charge in [-0.15, -0.1) is 0 Å². The molecule has 0 radical (unpaired) electrons. The number of carboxylic acids is 1. The van der Waals surface area contributed by atoms with Gasteiger partial charge in [-0.05, 0) is 30.5 Å². The van der Waals surface area contributed by atoms with E-state index in [2.05, 4.69) is 19.0 Å². The average molecular weight is 391 g/mol. The van der Waals surface area contributed by atoms with Gasteiger partial charge in [0.1, 0.15) is 0 Å². The van der Waals surface area contributed by atoms with E-state index in [1.807, 2.05) is 12.1 Å². The van der Waals surface area contributed by atoms with Crippen molar-refractivity contribution in [1.82, 2.24) is 10.1 Å². The van der Waals surface area contributed by atoms with Crippen LogP contribution >= 0.6 is 11.6 Å². The third kappa shape index (κ3) is 4.00. The van der Waals surface area contributed by atoms with Crippen LogP contribution in [-0.2, 0) is 4.79 Å². The number of nitrogens with zero attached hydrogens (tertiary/aromatic N) is 2. The van der Waals surface area contributed by atoms with Crippen molar-refractivity contribution in [2.75, 3.05) is 13.1 Å². The Labute approximate surface area is 163 Å². The highest BCUT2D eigenvalue weighted by molar-refractivity contribution is 6.30. The fourth-order valence-electron chi connectivity index (χ4n) is 3.71. The highest BCUT2D eigenvalue weighted by Gasteiger charge is 2.41. The number of amides is 1. The van der Waals surface area contributed by atoms with Crippen molar-refractivity contribution in [1.29, 1.82) is 0 Å². The highest BCUT2D eigenvalue weighted by atomic mass is 35.5. The van der Waals surface area contributed by atoms with Crippen molar-refractivity contribution in [2.24, 2.45) is 5.92 Å². The van der Waals surface area contributed by atoms with Gasteiger partial charge in [0, 0.05) is 36.0 Å². The summed E-state index contributed by atoms with van der Waals surface area (Å²) in [5.41, 5.74) is 1.63. The summed E-state index contributed by atoms with van der Waals surface area (Å²) in [6, 6.07) is 8.79. The van der Waals surface area contributed by atoms with E-state index in [1.54, 1.807) is 18.2 Å². The fraction of sp³-hybridized carbons (Fsp3) is 0.450. The van der Waals surface area contributed by atoms with Crippen molar-refractivity contribution in [3.63, 3.8) is 0 Å². The number of aliphatic carboxylic acids is 1. The molecule has 1 amide bonds. The Hall–Kier alpha value is -2.34. The second-order valence-corrected chi connectivity index (χ2v) is 7.38. The maximum absolute atomic E-state index is 12.8. The molecule has 1 saturated heterocycles. The lowest BCUT2D eigenvalue weighted by Gasteiger charge is -2.15. The Balaban J connectivity index is 1.80. The first kappa shape index (κ1) is 19.4. The number of benzene rings is 1. The molecular weight excluding hydrogens is 368 g/mol. The van der Waals surface area contributed by atoms with Gasteiger partial charge in [0.2, 0.25) is 5.76 Å². The van der Waals surface area contributed by atoms with Crippen molar-refractivity contribution >= 4 is 23.5 Å². The van der Waals surface area contributed by atoms with Gasteiger partial charge >= 0.3 is 5.97 Å². The van der Waals surface area contributed by atoms with Crippen LogP contribution in [0.5, 0.6) is 0 Å². The lowest BCUT2D eigenvalue weighted by atomic mass is 9.89. The summed E-state index contributed by atoms with van der Waals surface area (Å²) in [5.74, 6) is -1.77. The molecule has 0 unspecified atom stereocenters. The molecule has 1 aromatic carbocycles. The van der Waals surface area contributed by atoms with Crippen molar-refractivity contribution < 1.29 is 19.2 Å². The summed E-state index contributed by atoms with van der Waals surface area (Å²) >= 11 is 5.93. The number of aromatic nitrogens is 1. The lowest BCUT2D eigenvalue weighted by Crippen LogP contribution is -2.29. The van der Waals surface area contributed by atoms with Gasteiger partial charge in [-0.25, -0.2) is 0 Å². The van der Waals surface area contributed by atoms with Gasteiger partial charge < -0.3 is 14.5 Å². The van der Waals surface area contributed by atoms with Gasteiger partial charge in [-0.3, -0.25) is 9.59 Å². The predicted octanol–water partition coefficient (Wildman–Crippen LogP) is 4.17. The molecule has 0 aliphatic carbocycles. The van der Waals surface area contributed by atoms with Gasteiger partial charge in [0.25, 0.3) is 5.91 Å². The molecule has 2 atom stereocenters.